The smallest absolute Gasteiger partial charge is 0.167 e. The van der Waals surface area contributed by atoms with Crippen molar-refractivity contribution < 1.29 is 4.79 Å². The molecule has 1 saturated heterocycles. The summed E-state index contributed by atoms with van der Waals surface area (Å²) in [5.74, 6) is 0.159. The Kier molecular flexibility index (Phi) is 5.49. The van der Waals surface area contributed by atoms with E-state index in [-0.39, 0.29) is 5.78 Å². The van der Waals surface area contributed by atoms with Crippen LogP contribution in [0.4, 0.5) is 5.69 Å². The minimum Gasteiger partial charge on any atom is -0.385 e. The van der Waals surface area contributed by atoms with Crippen LogP contribution in [-0.2, 0) is 12.8 Å². The van der Waals surface area contributed by atoms with E-state index < -0.39 is 0 Å². The third-order valence-electron chi connectivity index (χ3n) is 5.89. The molecule has 0 aliphatic carbocycles. The molecule has 1 aliphatic rings. The lowest BCUT2D eigenvalue weighted by Crippen LogP contribution is -2.26. The standard InChI is InChI=1S/C24H29N3O/c1-3-25-20-7-4-6-18(14-20)24(28)13-17-9-10-23-22(12-17)19(16-26-23)15-21-8-5-11-27(21)2/h4,6-7,9-10,12,14,16,21,25-26H,3,5,8,11,13,15H2,1-2H3. The molecule has 4 heteroatoms. The lowest BCUT2D eigenvalue weighted by atomic mass is 9.98. The molecule has 1 unspecified atom stereocenters. The van der Waals surface area contributed by atoms with Gasteiger partial charge in [0.15, 0.2) is 5.78 Å². The predicted octanol–water partition coefficient (Wildman–Crippen LogP) is 4.66. The van der Waals surface area contributed by atoms with E-state index in [0.29, 0.717) is 12.5 Å². The highest BCUT2D eigenvalue weighted by Gasteiger charge is 2.22. The number of ketones is 1. The number of hydrogen-bond acceptors (Lipinski definition) is 3. The summed E-state index contributed by atoms with van der Waals surface area (Å²) in [6.45, 7) is 4.10. The zero-order valence-electron chi connectivity index (χ0n) is 16.8. The van der Waals surface area contributed by atoms with Gasteiger partial charge < -0.3 is 15.2 Å². The Morgan fingerprint density at radius 2 is 2.14 bits per heavy atom. The van der Waals surface area contributed by atoms with Gasteiger partial charge in [0.25, 0.3) is 0 Å². The number of H-pyrrole nitrogens is 1. The summed E-state index contributed by atoms with van der Waals surface area (Å²) in [6, 6.07) is 14.8. The molecule has 2 N–H and O–H groups in total. The minimum atomic E-state index is 0.159. The molecule has 4 rings (SSSR count). The zero-order chi connectivity index (χ0) is 19.5. The molecular weight excluding hydrogens is 346 g/mol. The second-order valence-corrected chi connectivity index (χ2v) is 7.89. The topological polar surface area (TPSA) is 48.1 Å². The Morgan fingerprint density at radius 1 is 1.25 bits per heavy atom. The molecule has 4 nitrogen and oxygen atoms in total. The monoisotopic (exact) mass is 375 g/mol. The number of fused-ring (bicyclic) bond motifs is 1. The fourth-order valence-corrected chi connectivity index (χ4v) is 4.29. The predicted molar refractivity (Wildman–Crippen MR) is 116 cm³/mol. The van der Waals surface area contributed by atoms with Gasteiger partial charge in [-0.15, -0.1) is 0 Å². The third kappa shape index (κ3) is 3.97. The van der Waals surface area contributed by atoms with Crippen molar-refractivity contribution in [3.05, 3.63) is 65.4 Å². The summed E-state index contributed by atoms with van der Waals surface area (Å²) in [5, 5.41) is 4.53. The van der Waals surface area contributed by atoms with Gasteiger partial charge in [-0.2, -0.15) is 0 Å². The van der Waals surface area contributed by atoms with Crippen LogP contribution in [0.2, 0.25) is 0 Å². The number of likely N-dealkylation sites (N-methyl/N-ethyl adjacent to an activating group) is 1. The molecule has 0 spiro atoms. The Balaban J connectivity index is 1.53. The van der Waals surface area contributed by atoms with Crippen LogP contribution in [0, 0.1) is 0 Å². The van der Waals surface area contributed by atoms with Crippen LogP contribution < -0.4 is 5.32 Å². The fraction of sp³-hybridized carbons (Fsp3) is 0.375. The molecule has 0 bridgehead atoms. The highest BCUT2D eigenvalue weighted by atomic mass is 16.1. The molecule has 0 radical (unpaired) electrons. The largest absolute Gasteiger partial charge is 0.385 e. The normalized spacial score (nSPS) is 17.3. The number of Topliss-reactive ketones (excluding diaryl/α,β-unsaturated/α-hetero) is 1. The van der Waals surface area contributed by atoms with E-state index in [9.17, 15) is 4.79 Å². The Hall–Kier alpha value is -2.59. The second-order valence-electron chi connectivity index (χ2n) is 7.89. The van der Waals surface area contributed by atoms with Gasteiger partial charge in [-0.1, -0.05) is 18.2 Å². The number of carbonyl (C=O) groups is 1. The number of aromatic amines is 1. The van der Waals surface area contributed by atoms with E-state index in [2.05, 4.69) is 53.6 Å². The second kappa shape index (κ2) is 8.19. The number of carbonyl (C=O) groups excluding carboxylic acids is 1. The SMILES string of the molecule is CCNc1cccc(C(=O)Cc2ccc3[nH]cc(CC4CCCN4C)c3c2)c1. The first kappa shape index (κ1) is 18.8. The van der Waals surface area contributed by atoms with Crippen LogP contribution >= 0.6 is 0 Å². The maximum absolute atomic E-state index is 12.8. The number of rotatable bonds is 7. The van der Waals surface area contributed by atoms with Gasteiger partial charge in [0.1, 0.15) is 0 Å². The highest BCUT2D eigenvalue weighted by Crippen LogP contribution is 2.26. The van der Waals surface area contributed by atoms with Crippen molar-refractivity contribution in [1.82, 2.24) is 9.88 Å². The van der Waals surface area contributed by atoms with Crippen molar-refractivity contribution in [3.8, 4) is 0 Å². The molecule has 2 heterocycles. The van der Waals surface area contributed by atoms with Crippen LogP contribution in [-0.4, -0.2) is 41.8 Å². The first-order valence-corrected chi connectivity index (χ1v) is 10.3. The van der Waals surface area contributed by atoms with Gasteiger partial charge in [0, 0.05) is 47.4 Å². The zero-order valence-corrected chi connectivity index (χ0v) is 16.8. The summed E-state index contributed by atoms with van der Waals surface area (Å²) in [5.41, 5.74) is 5.35. The molecule has 28 heavy (non-hydrogen) atoms. The molecule has 1 aliphatic heterocycles. The average molecular weight is 376 g/mol. The number of anilines is 1. The number of hydrogen-bond donors (Lipinski definition) is 2. The average Bonchev–Trinajstić information content (AvgIpc) is 3.29. The van der Waals surface area contributed by atoms with Crippen molar-refractivity contribution in [2.45, 2.75) is 38.6 Å². The Morgan fingerprint density at radius 3 is 2.93 bits per heavy atom. The lowest BCUT2D eigenvalue weighted by molar-refractivity contribution is 0.0993. The van der Waals surface area contributed by atoms with Gasteiger partial charge in [0.05, 0.1) is 0 Å². The van der Waals surface area contributed by atoms with Gasteiger partial charge in [-0.05, 0) is 75.2 Å². The molecule has 146 valence electrons. The molecule has 1 atom stereocenters. The van der Waals surface area contributed by atoms with Gasteiger partial charge in [-0.25, -0.2) is 0 Å². The van der Waals surface area contributed by atoms with E-state index in [1.54, 1.807) is 0 Å². The summed E-state index contributed by atoms with van der Waals surface area (Å²) in [4.78, 5) is 18.7. The Bertz CT molecular complexity index is 975. The van der Waals surface area contributed by atoms with Gasteiger partial charge >= 0.3 is 0 Å². The van der Waals surface area contributed by atoms with Crippen molar-refractivity contribution in [1.29, 1.82) is 0 Å². The maximum Gasteiger partial charge on any atom is 0.167 e. The first-order valence-electron chi connectivity index (χ1n) is 10.3. The first-order chi connectivity index (χ1) is 13.6. The quantitative estimate of drug-likeness (QED) is 0.591. The number of benzene rings is 2. The maximum atomic E-state index is 12.8. The molecule has 0 amide bonds. The fourth-order valence-electron chi connectivity index (χ4n) is 4.29. The number of nitrogens with zero attached hydrogens (tertiary/aromatic N) is 1. The summed E-state index contributed by atoms with van der Waals surface area (Å²) < 4.78 is 0. The van der Waals surface area contributed by atoms with Crippen molar-refractivity contribution >= 4 is 22.4 Å². The lowest BCUT2D eigenvalue weighted by Gasteiger charge is -2.18. The van der Waals surface area contributed by atoms with Crippen LogP contribution in [0.15, 0.2) is 48.7 Å². The van der Waals surface area contributed by atoms with Gasteiger partial charge in [0.2, 0.25) is 0 Å². The highest BCUT2D eigenvalue weighted by molar-refractivity contribution is 5.98. The molecule has 0 saturated carbocycles. The van der Waals surface area contributed by atoms with Crippen LogP contribution in [0.5, 0.6) is 0 Å². The summed E-state index contributed by atoms with van der Waals surface area (Å²) in [6.07, 6.45) is 6.19. The number of nitrogens with one attached hydrogen (secondary N) is 2. The van der Waals surface area contributed by atoms with Crippen molar-refractivity contribution in [2.24, 2.45) is 0 Å². The molecule has 1 aromatic heterocycles. The minimum absolute atomic E-state index is 0.159. The van der Waals surface area contributed by atoms with E-state index in [1.807, 2.05) is 24.3 Å². The molecule has 3 aromatic rings. The summed E-state index contributed by atoms with van der Waals surface area (Å²) >= 11 is 0. The van der Waals surface area contributed by atoms with E-state index >= 15 is 0 Å². The molecule has 1 fully saturated rings. The number of likely N-dealkylation sites (tertiary alicyclic amines) is 1. The molecular formula is C24H29N3O. The third-order valence-corrected chi connectivity index (χ3v) is 5.89. The van der Waals surface area contributed by atoms with Crippen molar-refractivity contribution in [3.63, 3.8) is 0 Å². The summed E-state index contributed by atoms with van der Waals surface area (Å²) in [7, 11) is 2.22. The van der Waals surface area contributed by atoms with E-state index in [0.717, 1.165) is 35.3 Å². The van der Waals surface area contributed by atoms with Gasteiger partial charge in [-0.3, -0.25) is 4.79 Å². The number of aromatic nitrogens is 1. The van der Waals surface area contributed by atoms with E-state index in [4.69, 9.17) is 0 Å². The van der Waals surface area contributed by atoms with Crippen LogP contribution in [0.3, 0.4) is 0 Å². The van der Waals surface area contributed by atoms with Crippen LogP contribution in [0.1, 0.15) is 41.3 Å². The van der Waals surface area contributed by atoms with Crippen molar-refractivity contribution in [2.75, 3.05) is 25.5 Å². The van der Waals surface area contributed by atoms with Crippen LogP contribution in [0.25, 0.3) is 10.9 Å². The molecule has 2 aromatic carbocycles. The van der Waals surface area contributed by atoms with E-state index in [1.165, 1.54) is 30.3 Å². The Labute approximate surface area is 166 Å².